The van der Waals surface area contributed by atoms with E-state index in [1.165, 1.54) is 11.7 Å². The first-order valence-electron chi connectivity index (χ1n) is 6.17. The summed E-state index contributed by atoms with van der Waals surface area (Å²) in [6.45, 7) is 3.30. The molecule has 3 nitrogen and oxygen atoms in total. The third-order valence-corrected chi connectivity index (χ3v) is 4.97. The van der Waals surface area contributed by atoms with Crippen LogP contribution in [-0.2, 0) is 9.47 Å². The first kappa shape index (κ1) is 14.2. The number of ether oxygens (including phenoxy) is 2. The van der Waals surface area contributed by atoms with Crippen LogP contribution in [0.25, 0.3) is 0 Å². The van der Waals surface area contributed by atoms with Gasteiger partial charge in [0, 0.05) is 26.5 Å². The Bertz CT molecular complexity index is 291. The van der Waals surface area contributed by atoms with Crippen molar-refractivity contribution in [2.45, 2.75) is 25.7 Å². The second-order valence-electron chi connectivity index (χ2n) is 3.96. The largest absolute Gasteiger partial charge is 0.403 e. The molecule has 0 unspecified atom stereocenters. The Balaban J connectivity index is 2.38. The first-order chi connectivity index (χ1) is 8.31. The fraction of sp³-hybridized carbons (Fsp3) is 0.538. The lowest BCUT2D eigenvalue weighted by Gasteiger charge is -2.23. The number of para-hydroxylation sites is 1. The monoisotopic (exact) mass is 253 g/mol. The van der Waals surface area contributed by atoms with Gasteiger partial charge in [0.05, 0.1) is 0 Å². The molecular formula is C13H23NO2Si. The minimum Gasteiger partial charge on any atom is -0.403 e. The molecule has 0 N–H and O–H groups in total. The molecule has 1 aromatic carbocycles. The van der Waals surface area contributed by atoms with Crippen LogP contribution in [-0.4, -0.2) is 36.7 Å². The summed E-state index contributed by atoms with van der Waals surface area (Å²) in [5.74, 6) is 0. The zero-order valence-corrected chi connectivity index (χ0v) is 12.5. The van der Waals surface area contributed by atoms with E-state index in [-0.39, 0.29) is 16.0 Å². The highest BCUT2D eigenvalue weighted by atomic mass is 28.2. The smallest absolute Gasteiger partial charge is 0.156 e. The first-order valence-corrected chi connectivity index (χ1v) is 7.80. The number of nitrogens with zero attached hydrogens (tertiary/aromatic N) is 1. The standard InChI is InChI=1S/C13H23NO2Si/c1-4-14(12-8-6-5-7-9-12)17-11-10-13(15-2)16-3/h5-9,13H,4,10-11,17H2,1-3H3. The molecule has 0 aliphatic carbocycles. The Hall–Kier alpha value is -0.843. The van der Waals surface area contributed by atoms with Gasteiger partial charge in [-0.3, -0.25) is 0 Å². The lowest BCUT2D eigenvalue weighted by atomic mass is 10.3. The average molecular weight is 253 g/mol. The topological polar surface area (TPSA) is 21.7 Å². The van der Waals surface area contributed by atoms with Crippen molar-refractivity contribution >= 4 is 15.4 Å². The van der Waals surface area contributed by atoms with E-state index in [9.17, 15) is 0 Å². The summed E-state index contributed by atoms with van der Waals surface area (Å²) >= 11 is 0. The fourth-order valence-corrected chi connectivity index (χ4v) is 3.57. The Labute approximate surface area is 107 Å². The summed E-state index contributed by atoms with van der Waals surface area (Å²) in [6.07, 6.45) is 0.944. The highest BCUT2D eigenvalue weighted by Crippen LogP contribution is 2.13. The van der Waals surface area contributed by atoms with Crippen molar-refractivity contribution in [1.29, 1.82) is 0 Å². The quantitative estimate of drug-likeness (QED) is 0.523. The molecule has 4 heteroatoms. The van der Waals surface area contributed by atoms with Crippen molar-refractivity contribution in [3.63, 3.8) is 0 Å². The molecule has 0 aliphatic heterocycles. The summed E-state index contributed by atoms with van der Waals surface area (Å²) in [5, 5.41) is 0. The normalized spacial score (nSPS) is 11.5. The van der Waals surface area contributed by atoms with Gasteiger partial charge in [0.25, 0.3) is 0 Å². The molecule has 0 saturated heterocycles. The Morgan fingerprint density at radius 3 is 2.35 bits per heavy atom. The minimum absolute atomic E-state index is 0.0445. The van der Waals surface area contributed by atoms with Crippen molar-refractivity contribution in [3.8, 4) is 0 Å². The van der Waals surface area contributed by atoms with Crippen molar-refractivity contribution in [2.75, 3.05) is 25.3 Å². The average Bonchev–Trinajstić information content (AvgIpc) is 2.40. The van der Waals surface area contributed by atoms with Crippen molar-refractivity contribution in [1.82, 2.24) is 0 Å². The van der Waals surface area contributed by atoms with E-state index in [4.69, 9.17) is 9.47 Å². The number of hydrogen-bond acceptors (Lipinski definition) is 3. The maximum atomic E-state index is 5.20. The van der Waals surface area contributed by atoms with Crippen LogP contribution >= 0.6 is 0 Å². The lowest BCUT2D eigenvalue weighted by Crippen LogP contribution is -2.28. The van der Waals surface area contributed by atoms with Crippen LogP contribution in [0, 0.1) is 0 Å². The van der Waals surface area contributed by atoms with E-state index in [1.54, 1.807) is 14.2 Å². The maximum Gasteiger partial charge on any atom is 0.156 e. The maximum absolute atomic E-state index is 5.20. The van der Waals surface area contributed by atoms with E-state index < -0.39 is 0 Å². The SMILES string of the molecule is CCN([SiH2]CCC(OC)OC)c1ccccc1. The van der Waals surface area contributed by atoms with Gasteiger partial charge in [-0.2, -0.15) is 0 Å². The van der Waals surface area contributed by atoms with Gasteiger partial charge >= 0.3 is 0 Å². The van der Waals surface area contributed by atoms with Crippen LogP contribution in [0.3, 0.4) is 0 Å². The molecule has 1 rings (SSSR count). The van der Waals surface area contributed by atoms with Crippen molar-refractivity contribution in [3.05, 3.63) is 30.3 Å². The molecule has 96 valence electrons. The van der Waals surface area contributed by atoms with Crippen LogP contribution in [0.2, 0.25) is 6.04 Å². The number of rotatable bonds is 8. The van der Waals surface area contributed by atoms with Crippen molar-refractivity contribution < 1.29 is 9.47 Å². The summed E-state index contributed by atoms with van der Waals surface area (Å²) in [6, 6.07) is 11.8. The van der Waals surface area contributed by atoms with Gasteiger partial charge in [0.1, 0.15) is 9.68 Å². The third kappa shape index (κ3) is 4.89. The molecular weight excluding hydrogens is 230 g/mol. The molecule has 17 heavy (non-hydrogen) atoms. The van der Waals surface area contributed by atoms with Crippen LogP contribution < -0.4 is 4.57 Å². The van der Waals surface area contributed by atoms with E-state index in [1.807, 2.05) is 0 Å². The Kier molecular flexibility index (Phi) is 6.92. The number of benzene rings is 1. The van der Waals surface area contributed by atoms with Gasteiger partial charge in [-0.25, -0.2) is 0 Å². The van der Waals surface area contributed by atoms with Crippen LogP contribution in [0.15, 0.2) is 30.3 Å². The number of methoxy groups -OCH3 is 2. The van der Waals surface area contributed by atoms with Gasteiger partial charge in [0.2, 0.25) is 0 Å². The van der Waals surface area contributed by atoms with Gasteiger partial charge in [-0.05, 0) is 31.5 Å². The third-order valence-electron chi connectivity index (χ3n) is 2.90. The van der Waals surface area contributed by atoms with Gasteiger partial charge in [-0.15, -0.1) is 0 Å². The zero-order valence-electron chi connectivity index (χ0n) is 11.1. The fourth-order valence-electron chi connectivity index (χ4n) is 1.89. The Morgan fingerprint density at radius 2 is 1.82 bits per heavy atom. The van der Waals surface area contributed by atoms with Gasteiger partial charge in [0.15, 0.2) is 6.29 Å². The van der Waals surface area contributed by atoms with Gasteiger partial charge < -0.3 is 14.0 Å². The van der Waals surface area contributed by atoms with E-state index >= 15 is 0 Å². The van der Waals surface area contributed by atoms with E-state index in [0.717, 1.165) is 13.0 Å². The molecule has 0 bridgehead atoms. The van der Waals surface area contributed by atoms with Crippen molar-refractivity contribution in [2.24, 2.45) is 0 Å². The molecule has 0 aromatic heterocycles. The molecule has 0 saturated carbocycles. The molecule has 0 heterocycles. The molecule has 0 radical (unpaired) electrons. The van der Waals surface area contributed by atoms with E-state index in [0.29, 0.717) is 0 Å². The number of hydrogen-bond donors (Lipinski definition) is 0. The molecule has 0 aliphatic rings. The highest BCUT2D eigenvalue weighted by Gasteiger charge is 2.08. The van der Waals surface area contributed by atoms with Crippen LogP contribution in [0.4, 0.5) is 5.69 Å². The zero-order chi connectivity index (χ0) is 12.5. The predicted molar refractivity (Wildman–Crippen MR) is 75.2 cm³/mol. The van der Waals surface area contributed by atoms with Gasteiger partial charge in [-0.1, -0.05) is 18.2 Å². The summed E-state index contributed by atoms with van der Waals surface area (Å²) in [7, 11) is 3.14. The Morgan fingerprint density at radius 1 is 1.18 bits per heavy atom. The predicted octanol–water partition coefficient (Wildman–Crippen LogP) is 2.02. The second kappa shape index (κ2) is 8.28. The molecule has 0 fully saturated rings. The lowest BCUT2D eigenvalue weighted by molar-refractivity contribution is -0.103. The molecule has 0 atom stereocenters. The molecule has 0 amide bonds. The number of anilines is 1. The molecule has 0 spiro atoms. The van der Waals surface area contributed by atoms with Crippen LogP contribution in [0.1, 0.15) is 13.3 Å². The summed E-state index contributed by atoms with van der Waals surface area (Å²) < 4.78 is 12.9. The highest BCUT2D eigenvalue weighted by molar-refractivity contribution is 6.41. The molecule has 1 aromatic rings. The summed E-state index contributed by atoms with van der Waals surface area (Å²) in [4.78, 5) is 0. The van der Waals surface area contributed by atoms with Crippen LogP contribution in [0.5, 0.6) is 0 Å². The second-order valence-corrected chi connectivity index (χ2v) is 5.88. The van der Waals surface area contributed by atoms with E-state index in [2.05, 4.69) is 41.8 Å². The minimum atomic E-state index is -0.261. The summed E-state index contributed by atoms with van der Waals surface area (Å²) in [5.41, 5.74) is 1.34.